The average Bonchev–Trinajstić information content (AvgIpc) is 2.92. The number of guanidine groups is 1. The van der Waals surface area contributed by atoms with Crippen LogP contribution in [-0.4, -0.2) is 42.7 Å². The van der Waals surface area contributed by atoms with Gasteiger partial charge in [0.25, 0.3) is 0 Å². The van der Waals surface area contributed by atoms with Gasteiger partial charge in [0, 0.05) is 37.9 Å². The molecule has 1 saturated heterocycles. The summed E-state index contributed by atoms with van der Waals surface area (Å²) in [5, 5.41) is 7.81. The van der Waals surface area contributed by atoms with E-state index in [0.717, 1.165) is 42.9 Å². The lowest BCUT2D eigenvalue weighted by molar-refractivity contribution is 0.378. The molecule has 1 aromatic heterocycles. The van der Waals surface area contributed by atoms with Crippen LogP contribution in [0.1, 0.15) is 32.6 Å². The molecule has 1 unspecified atom stereocenters. The predicted octanol–water partition coefficient (Wildman–Crippen LogP) is 3.04. The summed E-state index contributed by atoms with van der Waals surface area (Å²) in [6.07, 6.45) is 6.70. The van der Waals surface area contributed by atoms with Gasteiger partial charge in [-0.05, 0) is 44.7 Å². The summed E-state index contributed by atoms with van der Waals surface area (Å²) in [4.78, 5) is 11.2. The Morgan fingerprint density at radius 3 is 2.78 bits per heavy atom. The monoisotopic (exact) mass is 449 g/mol. The Kier molecular flexibility index (Phi) is 7.20. The van der Waals surface area contributed by atoms with Crippen LogP contribution in [-0.2, 0) is 0 Å². The van der Waals surface area contributed by atoms with Gasteiger partial charge in [0.05, 0.1) is 5.02 Å². The Hall–Kier alpha value is -0.760. The van der Waals surface area contributed by atoms with E-state index in [4.69, 9.17) is 11.6 Å². The van der Waals surface area contributed by atoms with Crippen LogP contribution < -0.4 is 15.5 Å². The molecular weight excluding hydrogens is 425 g/mol. The highest BCUT2D eigenvalue weighted by Gasteiger charge is 2.26. The SMILES string of the molecule is CCN=C(NC1CCC1)NC1CCN(c2ncccc2Cl)C1.I. The molecule has 7 heteroatoms. The molecule has 23 heavy (non-hydrogen) atoms. The number of nitrogens with one attached hydrogen (secondary N) is 2. The molecular formula is C16H25ClIN5. The van der Waals surface area contributed by atoms with Crippen LogP contribution in [0.4, 0.5) is 5.82 Å². The van der Waals surface area contributed by atoms with Crippen LogP contribution in [0.3, 0.4) is 0 Å². The van der Waals surface area contributed by atoms with E-state index in [1.54, 1.807) is 6.20 Å². The Morgan fingerprint density at radius 2 is 2.13 bits per heavy atom. The second-order valence-corrected chi connectivity index (χ2v) is 6.39. The first-order chi connectivity index (χ1) is 10.8. The lowest BCUT2D eigenvalue weighted by Crippen LogP contribution is -2.50. The summed E-state index contributed by atoms with van der Waals surface area (Å²) < 4.78 is 0. The number of rotatable bonds is 4. The van der Waals surface area contributed by atoms with Gasteiger partial charge in [-0.15, -0.1) is 24.0 Å². The van der Waals surface area contributed by atoms with E-state index in [1.165, 1.54) is 19.3 Å². The molecule has 0 radical (unpaired) electrons. The third kappa shape index (κ3) is 4.86. The number of aliphatic imine (C=N–C) groups is 1. The van der Waals surface area contributed by atoms with E-state index in [0.29, 0.717) is 12.1 Å². The Balaban J connectivity index is 0.00000192. The molecule has 1 aliphatic heterocycles. The van der Waals surface area contributed by atoms with E-state index < -0.39 is 0 Å². The first kappa shape index (κ1) is 18.6. The fourth-order valence-electron chi connectivity index (χ4n) is 2.91. The van der Waals surface area contributed by atoms with Crippen molar-refractivity contribution in [3.05, 3.63) is 23.4 Å². The van der Waals surface area contributed by atoms with Crippen molar-refractivity contribution in [2.24, 2.45) is 4.99 Å². The number of nitrogens with zero attached hydrogens (tertiary/aromatic N) is 3. The van der Waals surface area contributed by atoms with Crippen molar-refractivity contribution in [1.29, 1.82) is 0 Å². The molecule has 0 amide bonds. The van der Waals surface area contributed by atoms with Crippen molar-refractivity contribution in [3.63, 3.8) is 0 Å². The van der Waals surface area contributed by atoms with Gasteiger partial charge in [-0.3, -0.25) is 4.99 Å². The standard InChI is InChI=1S/C16H24ClN5.HI/c1-2-18-16(20-12-5-3-6-12)21-13-8-10-22(11-13)15-14(17)7-4-9-19-15;/h4,7,9,12-13H,2-3,5-6,8,10-11H2,1H3,(H2,18,20,21);1H. The van der Waals surface area contributed by atoms with Gasteiger partial charge in [-0.25, -0.2) is 4.98 Å². The van der Waals surface area contributed by atoms with Gasteiger partial charge in [-0.2, -0.15) is 0 Å². The third-order valence-electron chi connectivity index (χ3n) is 4.33. The summed E-state index contributed by atoms with van der Waals surface area (Å²) in [6.45, 7) is 4.74. The van der Waals surface area contributed by atoms with Gasteiger partial charge in [0.2, 0.25) is 0 Å². The van der Waals surface area contributed by atoms with Gasteiger partial charge in [0.1, 0.15) is 5.82 Å². The lowest BCUT2D eigenvalue weighted by Gasteiger charge is -2.29. The molecule has 0 spiro atoms. The Bertz CT molecular complexity index is 535. The van der Waals surface area contributed by atoms with E-state index in [-0.39, 0.29) is 24.0 Å². The molecule has 1 aliphatic carbocycles. The third-order valence-corrected chi connectivity index (χ3v) is 4.62. The quantitative estimate of drug-likeness (QED) is 0.421. The maximum atomic E-state index is 6.24. The number of anilines is 1. The zero-order valence-corrected chi connectivity index (χ0v) is 16.6. The molecule has 0 bridgehead atoms. The summed E-state index contributed by atoms with van der Waals surface area (Å²) >= 11 is 6.24. The second kappa shape index (κ2) is 8.92. The molecule has 2 heterocycles. The van der Waals surface area contributed by atoms with Gasteiger partial charge in [-0.1, -0.05) is 11.6 Å². The number of hydrogen-bond acceptors (Lipinski definition) is 3. The Morgan fingerprint density at radius 1 is 1.35 bits per heavy atom. The van der Waals surface area contributed by atoms with Crippen molar-refractivity contribution < 1.29 is 0 Å². The van der Waals surface area contributed by atoms with Crippen LogP contribution in [0.5, 0.6) is 0 Å². The van der Waals surface area contributed by atoms with Crippen LogP contribution in [0.25, 0.3) is 0 Å². The highest BCUT2D eigenvalue weighted by atomic mass is 127. The second-order valence-electron chi connectivity index (χ2n) is 5.98. The van der Waals surface area contributed by atoms with Crippen molar-refractivity contribution in [2.45, 2.75) is 44.7 Å². The molecule has 2 fully saturated rings. The summed E-state index contributed by atoms with van der Waals surface area (Å²) in [6, 6.07) is 4.75. The van der Waals surface area contributed by atoms with Crippen LogP contribution in [0.2, 0.25) is 5.02 Å². The number of pyridine rings is 1. The van der Waals surface area contributed by atoms with Crippen LogP contribution in [0, 0.1) is 0 Å². The number of hydrogen-bond donors (Lipinski definition) is 2. The smallest absolute Gasteiger partial charge is 0.191 e. The predicted molar refractivity (Wildman–Crippen MR) is 107 cm³/mol. The Labute approximate surface area is 160 Å². The first-order valence-electron chi connectivity index (χ1n) is 8.19. The van der Waals surface area contributed by atoms with Crippen LogP contribution in [0.15, 0.2) is 23.3 Å². The van der Waals surface area contributed by atoms with Gasteiger partial charge >= 0.3 is 0 Å². The zero-order chi connectivity index (χ0) is 15.4. The van der Waals surface area contributed by atoms with Crippen molar-refractivity contribution >= 4 is 47.4 Å². The largest absolute Gasteiger partial charge is 0.354 e. The van der Waals surface area contributed by atoms with E-state index in [9.17, 15) is 0 Å². The summed E-state index contributed by atoms with van der Waals surface area (Å²) in [5.74, 6) is 1.83. The van der Waals surface area contributed by atoms with Crippen molar-refractivity contribution in [1.82, 2.24) is 15.6 Å². The maximum Gasteiger partial charge on any atom is 0.191 e. The minimum atomic E-state index is 0. The molecule has 1 saturated carbocycles. The molecule has 128 valence electrons. The molecule has 2 N–H and O–H groups in total. The zero-order valence-electron chi connectivity index (χ0n) is 13.5. The maximum absolute atomic E-state index is 6.24. The lowest BCUT2D eigenvalue weighted by atomic mass is 9.93. The molecule has 1 atom stereocenters. The topological polar surface area (TPSA) is 52.6 Å². The van der Waals surface area contributed by atoms with Crippen molar-refractivity contribution in [3.8, 4) is 0 Å². The average molecular weight is 450 g/mol. The first-order valence-corrected chi connectivity index (χ1v) is 8.57. The molecule has 2 aliphatic rings. The fourth-order valence-corrected chi connectivity index (χ4v) is 3.15. The van der Waals surface area contributed by atoms with Crippen LogP contribution >= 0.6 is 35.6 Å². The van der Waals surface area contributed by atoms with E-state index >= 15 is 0 Å². The molecule has 0 aromatic carbocycles. The van der Waals surface area contributed by atoms with Gasteiger partial charge in [0.15, 0.2) is 5.96 Å². The highest BCUT2D eigenvalue weighted by molar-refractivity contribution is 14.0. The summed E-state index contributed by atoms with van der Waals surface area (Å²) in [5.41, 5.74) is 0. The van der Waals surface area contributed by atoms with E-state index in [1.807, 2.05) is 12.1 Å². The minimum Gasteiger partial charge on any atom is -0.354 e. The molecule has 5 nitrogen and oxygen atoms in total. The molecule has 3 rings (SSSR count). The fraction of sp³-hybridized carbons (Fsp3) is 0.625. The van der Waals surface area contributed by atoms with Gasteiger partial charge < -0.3 is 15.5 Å². The molecule has 1 aromatic rings. The highest BCUT2D eigenvalue weighted by Crippen LogP contribution is 2.25. The summed E-state index contributed by atoms with van der Waals surface area (Å²) in [7, 11) is 0. The normalized spacial score (nSPS) is 21.6. The number of aromatic nitrogens is 1. The van der Waals surface area contributed by atoms with E-state index in [2.05, 4.69) is 32.4 Å². The minimum absolute atomic E-state index is 0. The van der Waals surface area contributed by atoms with Crippen molar-refractivity contribution in [2.75, 3.05) is 24.5 Å². The number of halogens is 2.